The van der Waals surface area contributed by atoms with Crippen LogP contribution in [0.5, 0.6) is 0 Å². The summed E-state index contributed by atoms with van der Waals surface area (Å²) in [4.78, 5) is 1.14. The number of rotatable bonds is 1. The maximum atomic E-state index is 9.15. The molecule has 1 aliphatic carbocycles. The molecule has 0 unspecified atom stereocenters. The molecular weight excluding hydrogens is 190 g/mol. The van der Waals surface area contributed by atoms with Gasteiger partial charge in [-0.15, -0.1) is 11.3 Å². The Morgan fingerprint density at radius 2 is 2.07 bits per heavy atom. The van der Waals surface area contributed by atoms with Gasteiger partial charge in [-0.1, -0.05) is 18.1 Å². The van der Waals surface area contributed by atoms with Crippen LogP contribution < -0.4 is 0 Å². The van der Waals surface area contributed by atoms with E-state index in [2.05, 4.69) is 6.07 Å². The minimum atomic E-state index is 0.944. The van der Waals surface area contributed by atoms with Crippen molar-refractivity contribution in [2.24, 2.45) is 0 Å². The van der Waals surface area contributed by atoms with Crippen molar-refractivity contribution < 1.29 is 0 Å². The summed E-state index contributed by atoms with van der Waals surface area (Å²) in [6, 6.07) is 6.43. The highest BCUT2D eigenvalue weighted by Crippen LogP contribution is 2.31. The maximum absolute atomic E-state index is 9.15. The van der Waals surface area contributed by atoms with Gasteiger partial charge < -0.3 is 0 Å². The molecule has 0 amide bonds. The van der Waals surface area contributed by atoms with Crippen LogP contribution in [0.2, 0.25) is 0 Å². The van der Waals surface area contributed by atoms with E-state index < -0.39 is 0 Å². The smallest absolute Gasteiger partial charge is 0.101 e. The molecule has 0 radical (unpaired) electrons. The first-order valence-electron chi connectivity index (χ1n) is 5.08. The van der Waals surface area contributed by atoms with Crippen molar-refractivity contribution in [1.29, 1.82) is 5.26 Å². The molecule has 1 aromatic heterocycles. The summed E-state index contributed by atoms with van der Waals surface area (Å²) in [5.41, 5.74) is 2.32. The van der Waals surface area contributed by atoms with E-state index in [1.54, 1.807) is 11.3 Å². The van der Waals surface area contributed by atoms with E-state index >= 15 is 0 Å². The minimum Gasteiger partial charge on any atom is -0.192 e. The quantitative estimate of drug-likeness (QED) is 0.633. The van der Waals surface area contributed by atoms with Gasteiger partial charge in [-0.3, -0.25) is 0 Å². The van der Waals surface area contributed by atoms with Crippen molar-refractivity contribution in [3.05, 3.63) is 28.0 Å². The molecule has 0 spiro atoms. The van der Waals surface area contributed by atoms with Crippen LogP contribution in [-0.2, 0) is 0 Å². The van der Waals surface area contributed by atoms with Gasteiger partial charge in [0.1, 0.15) is 6.07 Å². The van der Waals surface area contributed by atoms with Gasteiger partial charge in [0.15, 0.2) is 0 Å². The second-order valence-electron chi connectivity index (χ2n) is 3.63. The van der Waals surface area contributed by atoms with Crippen LogP contribution in [0.3, 0.4) is 0 Å². The lowest BCUT2D eigenvalue weighted by Crippen LogP contribution is -1.96. The van der Waals surface area contributed by atoms with Gasteiger partial charge >= 0.3 is 0 Å². The van der Waals surface area contributed by atoms with Gasteiger partial charge in [-0.05, 0) is 37.1 Å². The van der Waals surface area contributed by atoms with Crippen molar-refractivity contribution >= 4 is 16.9 Å². The second-order valence-corrected chi connectivity index (χ2v) is 4.58. The van der Waals surface area contributed by atoms with Crippen molar-refractivity contribution in [2.45, 2.75) is 32.1 Å². The molecule has 0 bridgehead atoms. The van der Waals surface area contributed by atoms with Crippen molar-refractivity contribution in [2.75, 3.05) is 0 Å². The third-order valence-corrected chi connectivity index (χ3v) is 3.58. The zero-order valence-electron chi connectivity index (χ0n) is 8.12. The molecule has 0 N–H and O–H groups in total. The van der Waals surface area contributed by atoms with Crippen molar-refractivity contribution in [3.8, 4) is 6.07 Å². The summed E-state index contributed by atoms with van der Waals surface area (Å²) in [5, 5.41) is 11.2. The van der Waals surface area contributed by atoms with Crippen LogP contribution in [0, 0.1) is 11.3 Å². The average molecular weight is 203 g/mol. The Kier molecular flexibility index (Phi) is 3.00. The fraction of sp³-hybridized carbons (Fsp3) is 0.417. The van der Waals surface area contributed by atoms with Crippen molar-refractivity contribution in [1.82, 2.24) is 0 Å². The first-order valence-corrected chi connectivity index (χ1v) is 5.96. The molecule has 1 heterocycles. The zero-order chi connectivity index (χ0) is 9.80. The van der Waals surface area contributed by atoms with Crippen LogP contribution in [0.25, 0.3) is 5.57 Å². The van der Waals surface area contributed by atoms with E-state index in [0.717, 1.165) is 23.3 Å². The molecule has 14 heavy (non-hydrogen) atoms. The molecule has 2 heteroatoms. The predicted molar refractivity (Wildman–Crippen MR) is 59.9 cm³/mol. The van der Waals surface area contributed by atoms with Gasteiger partial charge in [-0.2, -0.15) is 5.26 Å². The third kappa shape index (κ3) is 1.88. The first-order chi connectivity index (χ1) is 6.92. The summed E-state index contributed by atoms with van der Waals surface area (Å²) in [6.45, 7) is 0. The number of hydrogen-bond acceptors (Lipinski definition) is 2. The van der Waals surface area contributed by atoms with E-state index in [-0.39, 0.29) is 0 Å². The number of nitrogens with zero attached hydrogens (tertiary/aromatic N) is 1. The summed E-state index contributed by atoms with van der Waals surface area (Å²) < 4.78 is 0. The van der Waals surface area contributed by atoms with E-state index in [0.29, 0.717) is 0 Å². The lowest BCUT2D eigenvalue weighted by Gasteiger charge is -2.14. The van der Waals surface area contributed by atoms with Gasteiger partial charge in [0.2, 0.25) is 0 Å². The molecule has 1 nitrogen and oxygen atoms in total. The van der Waals surface area contributed by atoms with Crippen LogP contribution >= 0.6 is 11.3 Å². The number of hydrogen-bond donors (Lipinski definition) is 0. The van der Waals surface area contributed by atoms with Crippen LogP contribution in [-0.4, -0.2) is 0 Å². The van der Waals surface area contributed by atoms with Crippen LogP contribution in [0.15, 0.2) is 23.1 Å². The summed E-state index contributed by atoms with van der Waals surface area (Å²) in [6.07, 6.45) is 6.09. The highest BCUT2D eigenvalue weighted by molar-refractivity contribution is 7.11. The monoisotopic (exact) mass is 203 g/mol. The Morgan fingerprint density at radius 1 is 1.29 bits per heavy atom. The van der Waals surface area contributed by atoms with E-state index in [4.69, 9.17) is 5.26 Å². The summed E-state index contributed by atoms with van der Waals surface area (Å²) in [5.74, 6) is 0. The molecule has 0 saturated heterocycles. The van der Waals surface area contributed by atoms with E-state index in [1.807, 2.05) is 17.5 Å². The van der Waals surface area contributed by atoms with Gasteiger partial charge in [0.25, 0.3) is 0 Å². The third-order valence-electron chi connectivity index (χ3n) is 2.69. The molecule has 1 aliphatic rings. The van der Waals surface area contributed by atoms with Gasteiger partial charge in [-0.25, -0.2) is 0 Å². The predicted octanol–water partition coefficient (Wildman–Crippen LogP) is 3.99. The van der Waals surface area contributed by atoms with E-state index in [9.17, 15) is 0 Å². The molecule has 0 aromatic carbocycles. The second kappa shape index (κ2) is 4.43. The number of nitriles is 1. The highest BCUT2D eigenvalue weighted by atomic mass is 32.1. The van der Waals surface area contributed by atoms with E-state index in [1.165, 1.54) is 24.8 Å². The molecule has 1 saturated carbocycles. The highest BCUT2D eigenvalue weighted by Gasteiger charge is 2.12. The van der Waals surface area contributed by atoms with Crippen molar-refractivity contribution in [3.63, 3.8) is 0 Å². The zero-order valence-corrected chi connectivity index (χ0v) is 8.94. The minimum absolute atomic E-state index is 0.944. The molecule has 2 rings (SSSR count). The van der Waals surface area contributed by atoms with Gasteiger partial charge in [0, 0.05) is 4.88 Å². The molecular formula is C12H13NS. The van der Waals surface area contributed by atoms with Crippen LogP contribution in [0.4, 0.5) is 0 Å². The average Bonchev–Trinajstić information content (AvgIpc) is 2.74. The Hall–Kier alpha value is -1.07. The fourth-order valence-corrected chi connectivity index (χ4v) is 2.73. The number of allylic oxidation sites excluding steroid dienone is 2. The topological polar surface area (TPSA) is 23.8 Å². The standard InChI is InChI=1S/C12H13NS/c13-9-11(12-7-4-8-14-12)10-5-2-1-3-6-10/h4,7-8H,1-3,5-6H2. The lowest BCUT2D eigenvalue weighted by molar-refractivity contribution is 0.601. The van der Waals surface area contributed by atoms with Crippen LogP contribution in [0.1, 0.15) is 37.0 Å². The molecule has 0 aliphatic heterocycles. The Labute approximate surface area is 88.7 Å². The summed E-state index contributed by atoms with van der Waals surface area (Å²) >= 11 is 1.67. The normalized spacial score (nSPS) is 16.4. The lowest BCUT2D eigenvalue weighted by atomic mass is 9.91. The molecule has 0 atom stereocenters. The Balaban J connectivity index is 2.32. The largest absolute Gasteiger partial charge is 0.192 e. The Morgan fingerprint density at radius 3 is 2.64 bits per heavy atom. The fourth-order valence-electron chi connectivity index (χ4n) is 1.96. The Bertz CT molecular complexity index is 360. The molecule has 1 aromatic rings. The first kappa shape index (κ1) is 9.48. The number of thiophene rings is 1. The SMILES string of the molecule is N#CC(=C1CCCCC1)c1cccs1. The summed E-state index contributed by atoms with van der Waals surface area (Å²) in [7, 11) is 0. The maximum Gasteiger partial charge on any atom is 0.101 e. The van der Waals surface area contributed by atoms with Gasteiger partial charge in [0.05, 0.1) is 5.57 Å². The molecule has 1 fully saturated rings. The molecule has 72 valence electrons.